The summed E-state index contributed by atoms with van der Waals surface area (Å²) in [4.78, 5) is 10.6. The quantitative estimate of drug-likeness (QED) is 0.519. The molecular formula is C14H19BrN2O2. The van der Waals surface area contributed by atoms with Crippen molar-refractivity contribution in [3.63, 3.8) is 0 Å². The van der Waals surface area contributed by atoms with Crippen LogP contribution in [0.4, 0.5) is 5.69 Å². The number of nitro benzene ring substituents is 1. The summed E-state index contributed by atoms with van der Waals surface area (Å²) in [5, 5.41) is 10.9. The summed E-state index contributed by atoms with van der Waals surface area (Å²) in [7, 11) is 0. The molecule has 1 saturated carbocycles. The van der Waals surface area contributed by atoms with Gasteiger partial charge >= 0.3 is 0 Å². The molecule has 2 N–H and O–H groups in total. The van der Waals surface area contributed by atoms with Crippen LogP contribution in [0.2, 0.25) is 0 Å². The van der Waals surface area contributed by atoms with Crippen molar-refractivity contribution >= 4 is 21.6 Å². The van der Waals surface area contributed by atoms with E-state index >= 15 is 0 Å². The lowest BCUT2D eigenvalue weighted by Gasteiger charge is -2.28. The first-order chi connectivity index (χ1) is 9.02. The number of benzene rings is 1. The molecule has 19 heavy (non-hydrogen) atoms. The molecule has 0 aliphatic heterocycles. The van der Waals surface area contributed by atoms with Crippen LogP contribution in [-0.2, 0) is 6.42 Å². The van der Waals surface area contributed by atoms with Gasteiger partial charge in [0.05, 0.1) is 9.40 Å². The molecule has 0 unspecified atom stereocenters. The number of halogens is 1. The molecule has 104 valence electrons. The molecule has 1 aliphatic carbocycles. The summed E-state index contributed by atoms with van der Waals surface area (Å²) in [5.74, 6) is 0. The van der Waals surface area contributed by atoms with Crippen molar-refractivity contribution in [1.82, 2.24) is 0 Å². The standard InChI is InChI=1S/C14H19BrN2O2/c15-13-11(6-5-7-12(13)17(18)19)10-14(16)8-3-1-2-4-9-14/h5-7H,1-4,8-10,16H2. The van der Waals surface area contributed by atoms with E-state index < -0.39 is 0 Å². The van der Waals surface area contributed by atoms with Crippen molar-refractivity contribution in [2.45, 2.75) is 50.5 Å². The lowest BCUT2D eigenvalue weighted by Crippen LogP contribution is -2.41. The minimum absolute atomic E-state index is 0.120. The molecule has 1 aromatic carbocycles. The predicted molar refractivity (Wildman–Crippen MR) is 79.1 cm³/mol. The minimum Gasteiger partial charge on any atom is -0.325 e. The first kappa shape index (κ1) is 14.5. The van der Waals surface area contributed by atoms with Gasteiger partial charge in [0.25, 0.3) is 5.69 Å². The summed E-state index contributed by atoms with van der Waals surface area (Å²) in [5.41, 5.74) is 7.34. The zero-order chi connectivity index (χ0) is 13.9. The number of hydrogen-bond donors (Lipinski definition) is 1. The molecule has 1 aliphatic rings. The highest BCUT2D eigenvalue weighted by Crippen LogP contribution is 2.34. The van der Waals surface area contributed by atoms with Crippen molar-refractivity contribution < 1.29 is 4.92 Å². The molecule has 0 heterocycles. The molecule has 5 heteroatoms. The van der Waals surface area contributed by atoms with Gasteiger partial charge in [-0.15, -0.1) is 0 Å². The van der Waals surface area contributed by atoms with Gasteiger partial charge in [0.1, 0.15) is 0 Å². The second kappa shape index (κ2) is 6.01. The molecule has 1 aromatic rings. The zero-order valence-electron chi connectivity index (χ0n) is 10.9. The fourth-order valence-corrected chi connectivity index (χ4v) is 3.38. The van der Waals surface area contributed by atoms with Gasteiger partial charge < -0.3 is 5.73 Å². The average molecular weight is 327 g/mol. The Morgan fingerprint density at radius 1 is 1.26 bits per heavy atom. The highest BCUT2D eigenvalue weighted by molar-refractivity contribution is 9.10. The zero-order valence-corrected chi connectivity index (χ0v) is 12.5. The van der Waals surface area contributed by atoms with Gasteiger partial charge in [-0.1, -0.05) is 37.8 Å². The maximum absolute atomic E-state index is 10.9. The fourth-order valence-electron chi connectivity index (χ4n) is 2.83. The molecule has 0 spiro atoms. The third-order valence-corrected chi connectivity index (χ3v) is 4.81. The van der Waals surface area contributed by atoms with E-state index in [-0.39, 0.29) is 16.1 Å². The van der Waals surface area contributed by atoms with Crippen LogP contribution in [0.25, 0.3) is 0 Å². The van der Waals surface area contributed by atoms with Crippen molar-refractivity contribution in [2.24, 2.45) is 5.73 Å². The van der Waals surface area contributed by atoms with E-state index in [1.54, 1.807) is 6.07 Å². The van der Waals surface area contributed by atoms with E-state index in [4.69, 9.17) is 5.73 Å². The van der Waals surface area contributed by atoms with Crippen molar-refractivity contribution in [3.8, 4) is 0 Å². The van der Waals surface area contributed by atoms with Gasteiger partial charge in [0.15, 0.2) is 0 Å². The molecule has 0 bridgehead atoms. The molecule has 0 atom stereocenters. The highest BCUT2D eigenvalue weighted by Gasteiger charge is 2.28. The van der Waals surface area contributed by atoms with Gasteiger partial charge in [-0.3, -0.25) is 10.1 Å². The highest BCUT2D eigenvalue weighted by atomic mass is 79.9. The maximum atomic E-state index is 10.9. The summed E-state index contributed by atoms with van der Waals surface area (Å²) in [6.07, 6.45) is 7.51. The average Bonchev–Trinajstić information content (AvgIpc) is 2.56. The number of nitrogens with zero attached hydrogens (tertiary/aromatic N) is 1. The Bertz CT molecular complexity index is 469. The molecule has 0 saturated heterocycles. The van der Waals surface area contributed by atoms with E-state index in [1.165, 1.54) is 18.9 Å². The van der Waals surface area contributed by atoms with E-state index in [9.17, 15) is 10.1 Å². The molecule has 1 fully saturated rings. The number of hydrogen-bond acceptors (Lipinski definition) is 3. The van der Waals surface area contributed by atoms with Gasteiger partial charge in [-0.05, 0) is 40.8 Å². The second-order valence-electron chi connectivity index (χ2n) is 5.46. The van der Waals surface area contributed by atoms with Crippen LogP contribution in [0.3, 0.4) is 0 Å². The Labute approximate surface area is 121 Å². The van der Waals surface area contributed by atoms with Gasteiger partial charge in [0.2, 0.25) is 0 Å². The molecule has 0 amide bonds. The minimum atomic E-state index is -0.357. The van der Waals surface area contributed by atoms with Gasteiger partial charge in [-0.25, -0.2) is 0 Å². The van der Waals surface area contributed by atoms with Crippen LogP contribution in [0, 0.1) is 10.1 Å². The summed E-state index contributed by atoms with van der Waals surface area (Å²) in [6.45, 7) is 0. The maximum Gasteiger partial charge on any atom is 0.283 e. The summed E-state index contributed by atoms with van der Waals surface area (Å²) < 4.78 is 0.578. The van der Waals surface area contributed by atoms with Crippen LogP contribution in [0.5, 0.6) is 0 Å². The topological polar surface area (TPSA) is 69.2 Å². The monoisotopic (exact) mass is 326 g/mol. The predicted octanol–water partition coefficient (Wildman–Crippen LogP) is 3.95. The SMILES string of the molecule is NC1(Cc2cccc([N+](=O)[O-])c2Br)CCCCCC1. The van der Waals surface area contributed by atoms with Crippen molar-refractivity contribution in [2.75, 3.05) is 0 Å². The van der Waals surface area contributed by atoms with E-state index in [1.807, 2.05) is 6.07 Å². The second-order valence-corrected chi connectivity index (χ2v) is 6.25. The van der Waals surface area contributed by atoms with Crippen molar-refractivity contribution in [1.29, 1.82) is 0 Å². The summed E-state index contributed by atoms with van der Waals surface area (Å²) in [6, 6.07) is 5.18. The van der Waals surface area contributed by atoms with Crippen LogP contribution in [0.15, 0.2) is 22.7 Å². The Hall–Kier alpha value is -0.940. The molecule has 2 rings (SSSR count). The normalized spacial score (nSPS) is 18.8. The Morgan fingerprint density at radius 3 is 2.47 bits per heavy atom. The number of nitrogens with two attached hydrogens (primary N) is 1. The Kier molecular flexibility index (Phi) is 4.58. The Balaban J connectivity index is 2.22. The number of nitro groups is 1. The molecule has 0 radical (unpaired) electrons. The lowest BCUT2D eigenvalue weighted by atomic mass is 9.85. The van der Waals surface area contributed by atoms with E-state index in [0.717, 1.165) is 31.2 Å². The van der Waals surface area contributed by atoms with Crippen LogP contribution < -0.4 is 5.73 Å². The van der Waals surface area contributed by atoms with E-state index in [2.05, 4.69) is 15.9 Å². The largest absolute Gasteiger partial charge is 0.325 e. The Morgan fingerprint density at radius 2 is 1.89 bits per heavy atom. The smallest absolute Gasteiger partial charge is 0.283 e. The fraction of sp³-hybridized carbons (Fsp3) is 0.571. The van der Waals surface area contributed by atoms with Gasteiger partial charge in [0, 0.05) is 11.6 Å². The first-order valence-corrected chi connectivity index (χ1v) is 7.52. The van der Waals surface area contributed by atoms with Crippen LogP contribution >= 0.6 is 15.9 Å². The lowest BCUT2D eigenvalue weighted by molar-refractivity contribution is -0.385. The van der Waals surface area contributed by atoms with E-state index in [0.29, 0.717) is 10.9 Å². The third kappa shape index (κ3) is 3.54. The number of rotatable bonds is 3. The van der Waals surface area contributed by atoms with Crippen LogP contribution in [-0.4, -0.2) is 10.5 Å². The van der Waals surface area contributed by atoms with Gasteiger partial charge in [-0.2, -0.15) is 0 Å². The third-order valence-electron chi connectivity index (χ3n) is 3.90. The molecule has 0 aromatic heterocycles. The first-order valence-electron chi connectivity index (χ1n) is 6.72. The summed E-state index contributed by atoms with van der Waals surface area (Å²) >= 11 is 3.36. The van der Waals surface area contributed by atoms with Crippen molar-refractivity contribution in [3.05, 3.63) is 38.3 Å². The molecule has 4 nitrogen and oxygen atoms in total. The van der Waals surface area contributed by atoms with Crippen LogP contribution in [0.1, 0.15) is 44.1 Å². The molecular weight excluding hydrogens is 308 g/mol.